The van der Waals surface area contributed by atoms with Crippen molar-refractivity contribution in [2.75, 3.05) is 0 Å². The molecule has 2 aromatic carbocycles. The van der Waals surface area contributed by atoms with E-state index in [0.717, 1.165) is 30.6 Å². The number of nitrogens with one attached hydrogen (secondary N) is 1. The summed E-state index contributed by atoms with van der Waals surface area (Å²) in [6, 6.07) is 13.4. The summed E-state index contributed by atoms with van der Waals surface area (Å²) in [7, 11) is 0. The number of benzene rings is 2. The summed E-state index contributed by atoms with van der Waals surface area (Å²) in [6.45, 7) is 6.12. The predicted octanol–water partition coefficient (Wildman–Crippen LogP) is 5.18. The zero-order chi connectivity index (χ0) is 20.1. The Kier molecular flexibility index (Phi) is 6.22. The maximum atomic E-state index is 13.1. The van der Waals surface area contributed by atoms with E-state index in [2.05, 4.69) is 19.2 Å². The van der Waals surface area contributed by atoms with Crippen molar-refractivity contribution in [2.45, 2.75) is 64.2 Å². The molecule has 150 valence electrons. The topological polar surface area (TPSA) is 47.6 Å². The summed E-state index contributed by atoms with van der Waals surface area (Å²) in [5, 5.41) is 3.16. The van der Waals surface area contributed by atoms with Crippen molar-refractivity contribution < 1.29 is 18.7 Å². The van der Waals surface area contributed by atoms with E-state index in [9.17, 15) is 9.18 Å². The molecule has 0 saturated carbocycles. The van der Waals surface area contributed by atoms with Crippen LogP contribution in [0, 0.1) is 5.82 Å². The number of carbonyl (C=O) groups excluding carboxylic acids is 1. The quantitative estimate of drug-likeness (QED) is 0.714. The predicted molar refractivity (Wildman–Crippen MR) is 107 cm³/mol. The molecule has 2 aromatic rings. The van der Waals surface area contributed by atoms with Gasteiger partial charge in [-0.25, -0.2) is 4.39 Å². The van der Waals surface area contributed by atoms with Crippen LogP contribution in [0.25, 0.3) is 0 Å². The second-order valence-corrected chi connectivity index (χ2v) is 7.26. The van der Waals surface area contributed by atoms with Gasteiger partial charge in [0.15, 0.2) is 6.10 Å². The number of hydrogen-bond acceptors (Lipinski definition) is 3. The van der Waals surface area contributed by atoms with Crippen LogP contribution < -0.4 is 14.8 Å². The lowest BCUT2D eigenvalue weighted by Gasteiger charge is -2.42. The fourth-order valence-corrected chi connectivity index (χ4v) is 3.69. The van der Waals surface area contributed by atoms with Gasteiger partial charge in [-0.3, -0.25) is 4.79 Å². The number of rotatable bonds is 7. The van der Waals surface area contributed by atoms with E-state index in [0.29, 0.717) is 12.2 Å². The third kappa shape index (κ3) is 4.29. The monoisotopic (exact) mass is 385 g/mol. The van der Waals surface area contributed by atoms with Gasteiger partial charge in [-0.2, -0.15) is 0 Å². The highest BCUT2D eigenvalue weighted by molar-refractivity contribution is 5.81. The number of para-hydroxylation sites is 1. The van der Waals surface area contributed by atoms with E-state index < -0.39 is 6.10 Å². The smallest absolute Gasteiger partial charge is 0.261 e. The Morgan fingerprint density at radius 2 is 1.86 bits per heavy atom. The lowest BCUT2D eigenvalue weighted by atomic mass is 9.83. The van der Waals surface area contributed by atoms with Crippen LogP contribution in [0.15, 0.2) is 48.5 Å². The van der Waals surface area contributed by atoms with Gasteiger partial charge in [-0.15, -0.1) is 0 Å². The molecule has 2 unspecified atom stereocenters. The Bertz CT molecular complexity index is 802. The molecule has 28 heavy (non-hydrogen) atoms. The van der Waals surface area contributed by atoms with Crippen LogP contribution >= 0.6 is 0 Å². The molecule has 3 rings (SSSR count). The largest absolute Gasteiger partial charge is 0.487 e. The third-order valence-electron chi connectivity index (χ3n) is 5.56. The summed E-state index contributed by atoms with van der Waals surface area (Å²) in [4.78, 5) is 13.0. The first-order valence-corrected chi connectivity index (χ1v) is 10.0. The van der Waals surface area contributed by atoms with Crippen molar-refractivity contribution in [3.63, 3.8) is 0 Å². The minimum atomic E-state index is -0.641. The Morgan fingerprint density at radius 1 is 1.18 bits per heavy atom. The van der Waals surface area contributed by atoms with Crippen molar-refractivity contribution in [3.05, 3.63) is 59.9 Å². The van der Waals surface area contributed by atoms with Gasteiger partial charge < -0.3 is 14.8 Å². The Hall–Kier alpha value is -2.56. The van der Waals surface area contributed by atoms with Gasteiger partial charge in [-0.05, 0) is 49.6 Å². The highest BCUT2D eigenvalue weighted by Gasteiger charge is 2.39. The second-order valence-electron chi connectivity index (χ2n) is 7.26. The lowest BCUT2D eigenvalue weighted by Crippen LogP contribution is -2.47. The molecule has 1 heterocycles. The first-order chi connectivity index (χ1) is 13.5. The molecule has 0 spiro atoms. The van der Waals surface area contributed by atoms with Crippen molar-refractivity contribution in [3.8, 4) is 11.5 Å². The first kappa shape index (κ1) is 20.2. The second kappa shape index (κ2) is 8.63. The zero-order valence-corrected chi connectivity index (χ0v) is 16.7. The van der Waals surface area contributed by atoms with E-state index in [1.807, 2.05) is 31.2 Å². The molecule has 0 saturated heterocycles. The van der Waals surface area contributed by atoms with Crippen LogP contribution in [-0.4, -0.2) is 17.6 Å². The fraction of sp³-hybridized carbons (Fsp3) is 0.435. The highest BCUT2D eigenvalue weighted by atomic mass is 19.1. The van der Waals surface area contributed by atoms with Crippen molar-refractivity contribution in [1.29, 1.82) is 0 Å². The Morgan fingerprint density at radius 3 is 2.50 bits per heavy atom. The number of carbonyl (C=O) groups is 1. The van der Waals surface area contributed by atoms with Crippen LogP contribution in [0.1, 0.15) is 58.1 Å². The van der Waals surface area contributed by atoms with Gasteiger partial charge in [0.25, 0.3) is 5.91 Å². The molecule has 0 fully saturated rings. The number of ether oxygens (including phenoxy) is 2. The third-order valence-corrected chi connectivity index (χ3v) is 5.56. The highest BCUT2D eigenvalue weighted by Crippen LogP contribution is 2.42. The molecular formula is C23H28FNO3. The van der Waals surface area contributed by atoms with Crippen molar-refractivity contribution in [2.24, 2.45) is 0 Å². The summed E-state index contributed by atoms with van der Waals surface area (Å²) < 4.78 is 25.2. The van der Waals surface area contributed by atoms with Crippen LogP contribution in [0.4, 0.5) is 4.39 Å². The summed E-state index contributed by atoms with van der Waals surface area (Å²) in [6.07, 6.45) is 2.33. The van der Waals surface area contributed by atoms with E-state index in [-0.39, 0.29) is 23.4 Å². The van der Waals surface area contributed by atoms with Crippen LogP contribution in [-0.2, 0) is 4.79 Å². The molecular weight excluding hydrogens is 357 g/mol. The van der Waals surface area contributed by atoms with Gasteiger partial charge in [-0.1, -0.05) is 39.0 Å². The summed E-state index contributed by atoms with van der Waals surface area (Å²) in [5.41, 5.74) is 0.705. The standard InChI is InChI=1S/C23H28FNO3/c1-4-20(27-17-13-11-16(24)12-14-17)22(26)25-19-15-23(5-2,6-3)28-21-10-8-7-9-18(19)21/h7-14,19-20H,4-6,15H2,1-3H3,(H,25,26). The van der Waals surface area contributed by atoms with E-state index in [1.165, 1.54) is 24.3 Å². The van der Waals surface area contributed by atoms with Gasteiger partial charge in [0.1, 0.15) is 22.9 Å². The van der Waals surface area contributed by atoms with Crippen LogP contribution in [0.3, 0.4) is 0 Å². The Balaban J connectivity index is 1.78. The minimum absolute atomic E-state index is 0.136. The average molecular weight is 385 g/mol. The maximum absolute atomic E-state index is 13.1. The number of hydrogen-bond donors (Lipinski definition) is 1. The first-order valence-electron chi connectivity index (χ1n) is 10.0. The molecule has 1 aliphatic rings. The molecule has 0 aliphatic carbocycles. The normalized spacial score (nSPS) is 18.5. The van der Waals surface area contributed by atoms with Crippen LogP contribution in [0.5, 0.6) is 11.5 Å². The molecule has 1 N–H and O–H groups in total. The molecule has 2 atom stereocenters. The number of amides is 1. The van der Waals surface area contributed by atoms with Crippen molar-refractivity contribution >= 4 is 5.91 Å². The molecule has 0 aromatic heterocycles. The van der Waals surface area contributed by atoms with Crippen molar-refractivity contribution in [1.82, 2.24) is 5.32 Å². The Labute approximate surface area is 166 Å². The molecule has 4 nitrogen and oxygen atoms in total. The minimum Gasteiger partial charge on any atom is -0.487 e. The summed E-state index contributed by atoms with van der Waals surface area (Å²) >= 11 is 0. The molecule has 1 aliphatic heterocycles. The molecule has 5 heteroatoms. The zero-order valence-electron chi connectivity index (χ0n) is 16.7. The van der Waals surface area contributed by atoms with Gasteiger partial charge in [0.2, 0.25) is 0 Å². The van der Waals surface area contributed by atoms with Gasteiger partial charge >= 0.3 is 0 Å². The van der Waals surface area contributed by atoms with E-state index >= 15 is 0 Å². The SMILES string of the molecule is CCC(Oc1ccc(F)cc1)C(=O)NC1CC(CC)(CC)Oc2ccccc21. The fourth-order valence-electron chi connectivity index (χ4n) is 3.69. The van der Waals surface area contributed by atoms with E-state index in [4.69, 9.17) is 9.47 Å². The van der Waals surface area contributed by atoms with Gasteiger partial charge in [0, 0.05) is 12.0 Å². The van der Waals surface area contributed by atoms with Gasteiger partial charge in [0.05, 0.1) is 6.04 Å². The maximum Gasteiger partial charge on any atom is 0.261 e. The number of fused-ring (bicyclic) bond motifs is 1. The number of halogens is 1. The molecule has 0 bridgehead atoms. The molecule has 1 amide bonds. The summed E-state index contributed by atoms with van der Waals surface area (Å²) in [5.74, 6) is 0.802. The van der Waals surface area contributed by atoms with E-state index in [1.54, 1.807) is 0 Å². The van der Waals surface area contributed by atoms with Crippen LogP contribution in [0.2, 0.25) is 0 Å². The lowest BCUT2D eigenvalue weighted by molar-refractivity contribution is -0.129. The average Bonchev–Trinajstić information content (AvgIpc) is 2.73. The molecule has 0 radical (unpaired) electrons.